The van der Waals surface area contributed by atoms with Gasteiger partial charge in [0.2, 0.25) is 5.91 Å². The molecule has 0 fully saturated rings. The molecule has 1 N–H and O–H groups in total. The van der Waals surface area contributed by atoms with Crippen LogP contribution < -0.4 is 5.32 Å². The quantitative estimate of drug-likeness (QED) is 0.447. The number of carbonyl (C=O) groups excluding carboxylic acids is 1. The third kappa shape index (κ3) is 6.22. The van der Waals surface area contributed by atoms with E-state index in [9.17, 15) is 4.79 Å². The third-order valence-electron chi connectivity index (χ3n) is 3.81. The van der Waals surface area contributed by atoms with Crippen LogP contribution in [0.3, 0.4) is 0 Å². The summed E-state index contributed by atoms with van der Waals surface area (Å²) in [5.74, 6) is 0.0533. The van der Waals surface area contributed by atoms with Crippen LogP contribution in [0.5, 0.6) is 0 Å². The number of rotatable bonds is 10. The Labute approximate surface area is 140 Å². The molecule has 0 unspecified atom stereocenters. The molecule has 0 atom stereocenters. The van der Waals surface area contributed by atoms with Crippen molar-refractivity contribution in [3.63, 3.8) is 0 Å². The summed E-state index contributed by atoms with van der Waals surface area (Å²) in [5, 5.41) is 2.93. The molecule has 0 saturated heterocycles. The van der Waals surface area contributed by atoms with E-state index in [4.69, 9.17) is 0 Å². The molecule has 1 aromatic rings. The van der Waals surface area contributed by atoms with Crippen molar-refractivity contribution in [2.24, 2.45) is 0 Å². The Morgan fingerprint density at radius 3 is 2.55 bits per heavy atom. The van der Waals surface area contributed by atoms with Gasteiger partial charge >= 0.3 is 0 Å². The van der Waals surface area contributed by atoms with E-state index in [2.05, 4.69) is 36.4 Å². The number of hydrogen-bond acceptors (Lipinski definition) is 3. The number of anilines is 1. The van der Waals surface area contributed by atoms with Gasteiger partial charge in [0.15, 0.2) is 0 Å². The van der Waals surface area contributed by atoms with Crippen molar-refractivity contribution < 1.29 is 4.79 Å². The molecule has 1 heterocycles. The maximum Gasteiger partial charge on any atom is 0.224 e. The standard InChI is InChI=1S/C18H28N2OS/c1-4-6-7-8-9-10-11-12-17(21)20-16-13-19-15(5-2)18(22)14(16)3/h5,13,22H,2,4,6-12H2,1,3H3,(H,20,21). The van der Waals surface area contributed by atoms with Crippen molar-refractivity contribution in [1.29, 1.82) is 0 Å². The van der Waals surface area contributed by atoms with Gasteiger partial charge < -0.3 is 5.32 Å². The zero-order valence-corrected chi connectivity index (χ0v) is 14.7. The van der Waals surface area contributed by atoms with E-state index in [-0.39, 0.29) is 5.91 Å². The number of hydrogen-bond donors (Lipinski definition) is 2. The van der Waals surface area contributed by atoms with E-state index in [1.807, 2.05) is 6.92 Å². The number of unbranched alkanes of at least 4 members (excludes halogenated alkanes) is 6. The Hall–Kier alpha value is -1.29. The molecule has 3 nitrogen and oxygen atoms in total. The fraction of sp³-hybridized carbons (Fsp3) is 0.556. The minimum atomic E-state index is 0.0533. The number of carbonyl (C=O) groups is 1. The van der Waals surface area contributed by atoms with Gasteiger partial charge in [0.05, 0.1) is 17.6 Å². The Kier molecular flexibility index (Phi) is 8.90. The van der Waals surface area contributed by atoms with Gasteiger partial charge in [0.25, 0.3) is 0 Å². The minimum absolute atomic E-state index is 0.0533. The highest BCUT2D eigenvalue weighted by atomic mass is 32.1. The van der Waals surface area contributed by atoms with Crippen LogP contribution in [-0.4, -0.2) is 10.9 Å². The number of pyridine rings is 1. The van der Waals surface area contributed by atoms with Gasteiger partial charge in [-0.15, -0.1) is 12.6 Å². The van der Waals surface area contributed by atoms with Gasteiger partial charge in [0, 0.05) is 11.3 Å². The summed E-state index contributed by atoms with van der Waals surface area (Å²) in [6, 6.07) is 0. The monoisotopic (exact) mass is 320 g/mol. The molecule has 0 radical (unpaired) electrons. The lowest BCUT2D eigenvalue weighted by Crippen LogP contribution is -2.12. The van der Waals surface area contributed by atoms with Gasteiger partial charge in [-0.1, -0.05) is 52.0 Å². The van der Waals surface area contributed by atoms with Crippen LogP contribution >= 0.6 is 12.6 Å². The normalized spacial score (nSPS) is 10.5. The van der Waals surface area contributed by atoms with Crippen LogP contribution in [0, 0.1) is 6.92 Å². The van der Waals surface area contributed by atoms with Gasteiger partial charge in [-0.2, -0.15) is 0 Å². The minimum Gasteiger partial charge on any atom is -0.324 e. The highest BCUT2D eigenvalue weighted by molar-refractivity contribution is 7.80. The topological polar surface area (TPSA) is 42.0 Å². The van der Waals surface area contributed by atoms with Crippen molar-refractivity contribution >= 4 is 30.3 Å². The first-order chi connectivity index (χ1) is 10.6. The van der Waals surface area contributed by atoms with Crippen LogP contribution in [0.4, 0.5) is 5.69 Å². The largest absolute Gasteiger partial charge is 0.324 e. The van der Waals surface area contributed by atoms with E-state index < -0.39 is 0 Å². The molecule has 122 valence electrons. The molecule has 1 amide bonds. The predicted octanol–water partition coefficient (Wildman–Crippen LogP) is 5.40. The maximum atomic E-state index is 12.0. The number of nitrogens with zero attached hydrogens (tertiary/aromatic N) is 1. The average molecular weight is 321 g/mol. The molecule has 0 aliphatic rings. The van der Waals surface area contributed by atoms with Crippen LogP contribution in [0.25, 0.3) is 6.08 Å². The average Bonchev–Trinajstić information content (AvgIpc) is 2.51. The lowest BCUT2D eigenvalue weighted by Gasteiger charge is -2.11. The van der Waals surface area contributed by atoms with Crippen molar-refractivity contribution in [3.05, 3.63) is 24.0 Å². The van der Waals surface area contributed by atoms with E-state index in [0.29, 0.717) is 6.42 Å². The number of aromatic nitrogens is 1. The van der Waals surface area contributed by atoms with Crippen LogP contribution in [0.2, 0.25) is 0 Å². The summed E-state index contributed by atoms with van der Waals surface area (Å²) in [7, 11) is 0. The summed E-state index contributed by atoms with van der Waals surface area (Å²) in [6.45, 7) is 7.85. The number of nitrogens with one attached hydrogen (secondary N) is 1. The molecule has 0 aliphatic carbocycles. The summed E-state index contributed by atoms with van der Waals surface area (Å²) in [5.41, 5.74) is 2.41. The van der Waals surface area contributed by atoms with Crippen LogP contribution in [0.15, 0.2) is 17.7 Å². The molecular weight excluding hydrogens is 292 g/mol. The second-order valence-corrected chi connectivity index (χ2v) is 6.10. The zero-order chi connectivity index (χ0) is 16.4. The first kappa shape index (κ1) is 18.8. The Balaban J connectivity index is 2.34. The molecule has 0 spiro atoms. The molecule has 22 heavy (non-hydrogen) atoms. The summed E-state index contributed by atoms with van der Waals surface area (Å²) >= 11 is 4.42. The Morgan fingerprint density at radius 2 is 1.91 bits per heavy atom. The van der Waals surface area contributed by atoms with Crippen molar-refractivity contribution in [2.75, 3.05) is 5.32 Å². The summed E-state index contributed by atoms with van der Waals surface area (Å²) in [6.07, 6.45) is 12.4. The SMILES string of the molecule is C=Cc1ncc(NC(=O)CCCCCCCCC)c(C)c1S. The molecule has 4 heteroatoms. The molecule has 1 aromatic heterocycles. The summed E-state index contributed by atoms with van der Waals surface area (Å²) < 4.78 is 0. The van der Waals surface area contributed by atoms with Crippen molar-refractivity contribution in [1.82, 2.24) is 4.98 Å². The number of thiol groups is 1. The smallest absolute Gasteiger partial charge is 0.224 e. The highest BCUT2D eigenvalue weighted by Crippen LogP contribution is 2.24. The molecule has 0 aliphatic heterocycles. The Bertz CT molecular complexity index is 500. The molecule has 0 bridgehead atoms. The lowest BCUT2D eigenvalue weighted by atomic mass is 10.1. The second-order valence-electron chi connectivity index (χ2n) is 5.65. The maximum absolute atomic E-state index is 12.0. The van der Waals surface area contributed by atoms with Crippen molar-refractivity contribution in [3.8, 4) is 0 Å². The first-order valence-electron chi connectivity index (χ1n) is 8.21. The fourth-order valence-corrected chi connectivity index (χ4v) is 2.61. The molecule has 0 saturated carbocycles. The predicted molar refractivity (Wildman–Crippen MR) is 97.6 cm³/mol. The molecule has 0 aromatic carbocycles. The summed E-state index contributed by atoms with van der Waals surface area (Å²) in [4.78, 5) is 17.0. The van der Waals surface area contributed by atoms with Crippen molar-refractivity contribution in [2.45, 2.75) is 70.1 Å². The zero-order valence-electron chi connectivity index (χ0n) is 13.8. The second kappa shape index (κ2) is 10.4. The van der Waals surface area contributed by atoms with E-state index in [0.717, 1.165) is 34.7 Å². The van der Waals surface area contributed by atoms with Gasteiger partial charge in [0.1, 0.15) is 0 Å². The molecular formula is C18H28N2OS. The van der Waals surface area contributed by atoms with E-state index in [1.54, 1.807) is 12.3 Å². The fourth-order valence-electron chi connectivity index (χ4n) is 2.34. The Morgan fingerprint density at radius 1 is 1.27 bits per heavy atom. The highest BCUT2D eigenvalue weighted by Gasteiger charge is 2.09. The van der Waals surface area contributed by atoms with Crippen LogP contribution in [0.1, 0.15) is 69.5 Å². The van der Waals surface area contributed by atoms with E-state index in [1.165, 1.54) is 32.1 Å². The first-order valence-corrected chi connectivity index (χ1v) is 8.65. The third-order valence-corrected chi connectivity index (χ3v) is 4.37. The molecule has 1 rings (SSSR count). The van der Waals surface area contributed by atoms with Gasteiger partial charge in [-0.25, -0.2) is 0 Å². The lowest BCUT2D eigenvalue weighted by molar-refractivity contribution is -0.116. The van der Waals surface area contributed by atoms with Crippen LogP contribution in [-0.2, 0) is 4.79 Å². The number of amides is 1. The van der Waals surface area contributed by atoms with Gasteiger partial charge in [-0.3, -0.25) is 9.78 Å². The van der Waals surface area contributed by atoms with E-state index >= 15 is 0 Å². The van der Waals surface area contributed by atoms with Gasteiger partial charge in [-0.05, 0) is 25.0 Å².